The number of nitrogens with one attached hydrogen (secondary N) is 1. The lowest BCUT2D eigenvalue weighted by Crippen LogP contribution is -2.22. The van der Waals surface area contributed by atoms with Gasteiger partial charge in [0.1, 0.15) is 5.58 Å². The predicted molar refractivity (Wildman–Crippen MR) is 58.8 cm³/mol. The van der Waals surface area contributed by atoms with Crippen LogP contribution in [0.1, 0.15) is 33.1 Å². The van der Waals surface area contributed by atoms with Crippen molar-refractivity contribution in [1.82, 2.24) is 4.90 Å². The van der Waals surface area contributed by atoms with E-state index in [0.717, 1.165) is 12.5 Å². The van der Waals surface area contributed by atoms with Crippen molar-refractivity contribution in [2.75, 3.05) is 13.6 Å². The second-order valence-corrected chi connectivity index (χ2v) is 4.24. The van der Waals surface area contributed by atoms with E-state index in [-0.39, 0.29) is 0 Å². The van der Waals surface area contributed by atoms with E-state index in [9.17, 15) is 0 Å². The largest absolute Gasteiger partial charge is 0.360 e. The molecule has 0 bridgehead atoms. The molecule has 0 aromatic carbocycles. The predicted octanol–water partition coefficient (Wildman–Crippen LogP) is 2.55. The van der Waals surface area contributed by atoms with Crippen LogP contribution in [0.3, 0.4) is 0 Å². The van der Waals surface area contributed by atoms with E-state index < -0.39 is 0 Å². The van der Waals surface area contributed by atoms with Crippen molar-refractivity contribution in [3.05, 3.63) is 0 Å². The molecule has 0 rings (SSSR count). The molecule has 0 saturated heterocycles. The van der Waals surface area contributed by atoms with Gasteiger partial charge in [0.15, 0.2) is 0 Å². The molecular formula is C9H21N2P. The second kappa shape index (κ2) is 6.42. The van der Waals surface area contributed by atoms with Gasteiger partial charge < -0.3 is 4.90 Å². The molecule has 1 N–H and O–H groups in total. The normalized spacial score (nSPS) is 10.4. The Balaban J connectivity index is 3.25. The first-order chi connectivity index (χ1) is 5.54. The smallest absolute Gasteiger partial charge is 0.112 e. The molecule has 0 aromatic rings. The number of hydrogen-bond donors (Lipinski definition) is 1. The summed E-state index contributed by atoms with van der Waals surface area (Å²) in [6.07, 6.45) is 3.78. The Hall–Kier alpha value is -0.100. The number of unbranched alkanes of at least 4 members (excludes halogenated alkanes) is 1. The van der Waals surface area contributed by atoms with Crippen LogP contribution in [0, 0.1) is 11.3 Å². The summed E-state index contributed by atoms with van der Waals surface area (Å²) in [5, 5.41) is 7.31. The van der Waals surface area contributed by atoms with Gasteiger partial charge in [-0.3, -0.25) is 5.41 Å². The maximum Gasteiger partial charge on any atom is 0.112 e. The molecule has 0 aliphatic rings. The van der Waals surface area contributed by atoms with Crippen LogP contribution in [0.15, 0.2) is 0 Å². The molecule has 3 heteroatoms. The average Bonchev–Trinajstić information content (AvgIpc) is 1.97. The van der Waals surface area contributed by atoms with Gasteiger partial charge in [0.05, 0.1) is 0 Å². The Labute approximate surface area is 78.4 Å². The van der Waals surface area contributed by atoms with Gasteiger partial charge in [-0.15, -0.1) is 0 Å². The standard InChI is InChI=1S/C9H21N2P/c1-8(2)6-4-5-7-11(3)9(10)12/h8,10H,4-7,12H2,1-3H3. The van der Waals surface area contributed by atoms with Crippen molar-refractivity contribution in [3.8, 4) is 0 Å². The molecule has 0 saturated carbocycles. The van der Waals surface area contributed by atoms with Crippen LogP contribution < -0.4 is 0 Å². The summed E-state index contributed by atoms with van der Waals surface area (Å²) in [7, 11) is 4.37. The third-order valence-corrected chi connectivity index (χ3v) is 2.38. The lowest BCUT2D eigenvalue weighted by molar-refractivity contribution is 0.454. The Morgan fingerprint density at radius 1 is 1.42 bits per heavy atom. The van der Waals surface area contributed by atoms with Gasteiger partial charge in [-0.2, -0.15) is 0 Å². The minimum absolute atomic E-state index is 0.583. The zero-order valence-corrected chi connectivity index (χ0v) is 9.59. The maximum absolute atomic E-state index is 7.31. The topological polar surface area (TPSA) is 27.1 Å². The fourth-order valence-corrected chi connectivity index (χ4v) is 1.15. The monoisotopic (exact) mass is 188 g/mol. The third-order valence-electron chi connectivity index (χ3n) is 1.94. The van der Waals surface area contributed by atoms with Crippen LogP contribution in [0.25, 0.3) is 0 Å². The number of hydrogen-bond acceptors (Lipinski definition) is 1. The Morgan fingerprint density at radius 2 is 2.00 bits per heavy atom. The number of amidine groups is 1. The van der Waals surface area contributed by atoms with Crippen molar-refractivity contribution in [2.24, 2.45) is 5.92 Å². The van der Waals surface area contributed by atoms with Crippen molar-refractivity contribution in [3.63, 3.8) is 0 Å². The quantitative estimate of drug-likeness (QED) is 0.305. The van der Waals surface area contributed by atoms with Crippen LogP contribution in [0.4, 0.5) is 0 Å². The summed E-state index contributed by atoms with van der Waals surface area (Å²) < 4.78 is 0. The molecule has 0 aliphatic heterocycles. The van der Waals surface area contributed by atoms with Crippen molar-refractivity contribution in [1.29, 1.82) is 5.41 Å². The van der Waals surface area contributed by atoms with E-state index in [2.05, 4.69) is 23.1 Å². The highest BCUT2D eigenvalue weighted by atomic mass is 31.0. The summed E-state index contributed by atoms with van der Waals surface area (Å²) in [5.74, 6) is 0.811. The fraction of sp³-hybridized carbons (Fsp3) is 0.889. The van der Waals surface area contributed by atoms with E-state index in [1.54, 1.807) is 0 Å². The van der Waals surface area contributed by atoms with Crippen molar-refractivity contribution in [2.45, 2.75) is 33.1 Å². The second-order valence-electron chi connectivity index (χ2n) is 3.70. The molecular weight excluding hydrogens is 167 g/mol. The van der Waals surface area contributed by atoms with E-state index in [4.69, 9.17) is 5.41 Å². The molecule has 0 radical (unpaired) electrons. The molecule has 0 amide bonds. The number of rotatable bonds is 5. The van der Waals surface area contributed by atoms with E-state index in [1.807, 2.05) is 11.9 Å². The molecule has 0 aromatic heterocycles. The SMILES string of the molecule is CC(C)CCCCN(C)C(=N)P. The van der Waals surface area contributed by atoms with E-state index >= 15 is 0 Å². The third kappa shape index (κ3) is 6.60. The summed E-state index contributed by atoms with van der Waals surface area (Å²) in [5.41, 5.74) is 0.583. The molecule has 12 heavy (non-hydrogen) atoms. The van der Waals surface area contributed by atoms with Gasteiger partial charge >= 0.3 is 0 Å². The first-order valence-electron chi connectivity index (χ1n) is 4.59. The van der Waals surface area contributed by atoms with Gasteiger partial charge in [-0.05, 0) is 12.3 Å². The minimum atomic E-state index is 0.583. The molecule has 0 aliphatic carbocycles. The first-order valence-corrected chi connectivity index (χ1v) is 5.17. The average molecular weight is 188 g/mol. The van der Waals surface area contributed by atoms with Gasteiger partial charge in [-0.1, -0.05) is 35.9 Å². The molecule has 0 spiro atoms. The van der Waals surface area contributed by atoms with Crippen LogP contribution >= 0.6 is 9.24 Å². The molecule has 0 fully saturated rings. The van der Waals surface area contributed by atoms with Crippen LogP contribution in [-0.4, -0.2) is 24.1 Å². The Bertz CT molecular complexity index is 134. The van der Waals surface area contributed by atoms with Crippen LogP contribution in [0.5, 0.6) is 0 Å². The molecule has 0 heterocycles. The zero-order chi connectivity index (χ0) is 9.56. The van der Waals surface area contributed by atoms with Crippen LogP contribution in [-0.2, 0) is 0 Å². The van der Waals surface area contributed by atoms with E-state index in [0.29, 0.717) is 5.58 Å². The van der Waals surface area contributed by atoms with Crippen molar-refractivity contribution < 1.29 is 0 Å². The highest BCUT2D eigenvalue weighted by Crippen LogP contribution is 2.07. The van der Waals surface area contributed by atoms with Gasteiger partial charge in [0.25, 0.3) is 0 Å². The summed E-state index contributed by atoms with van der Waals surface area (Å²) in [6.45, 7) is 5.51. The Kier molecular flexibility index (Phi) is 6.37. The summed E-state index contributed by atoms with van der Waals surface area (Å²) in [6, 6.07) is 0. The molecule has 1 atom stereocenters. The van der Waals surface area contributed by atoms with Gasteiger partial charge in [0, 0.05) is 13.6 Å². The molecule has 1 unspecified atom stereocenters. The molecule has 72 valence electrons. The molecule has 2 nitrogen and oxygen atoms in total. The lowest BCUT2D eigenvalue weighted by atomic mass is 10.1. The van der Waals surface area contributed by atoms with Gasteiger partial charge in [-0.25, -0.2) is 0 Å². The van der Waals surface area contributed by atoms with E-state index in [1.165, 1.54) is 19.3 Å². The fourth-order valence-electron chi connectivity index (χ4n) is 1.02. The minimum Gasteiger partial charge on any atom is -0.360 e. The zero-order valence-electron chi connectivity index (χ0n) is 8.43. The number of nitrogens with zero attached hydrogens (tertiary/aromatic N) is 1. The van der Waals surface area contributed by atoms with Crippen molar-refractivity contribution >= 4 is 14.8 Å². The summed E-state index contributed by atoms with van der Waals surface area (Å²) in [4.78, 5) is 1.96. The Morgan fingerprint density at radius 3 is 2.42 bits per heavy atom. The highest BCUT2D eigenvalue weighted by molar-refractivity contribution is 7.40. The van der Waals surface area contributed by atoms with Crippen LogP contribution in [0.2, 0.25) is 0 Å². The lowest BCUT2D eigenvalue weighted by Gasteiger charge is -2.16. The summed E-state index contributed by atoms with van der Waals surface area (Å²) >= 11 is 0. The van der Waals surface area contributed by atoms with Gasteiger partial charge in [0.2, 0.25) is 0 Å². The highest BCUT2D eigenvalue weighted by Gasteiger charge is 1.98. The maximum atomic E-state index is 7.31. The first kappa shape index (κ1) is 11.9.